The highest BCUT2D eigenvalue weighted by Crippen LogP contribution is 2.28. The van der Waals surface area contributed by atoms with Crippen molar-refractivity contribution in [3.05, 3.63) is 51.2 Å². The smallest absolute Gasteiger partial charge is 0.292 e. The maximum atomic E-state index is 14.5. The number of piperazine rings is 1. The number of sulfonamides is 1. The van der Waals surface area contributed by atoms with E-state index in [0.717, 1.165) is 19.3 Å². The molecule has 2 aliphatic heterocycles. The van der Waals surface area contributed by atoms with E-state index in [1.165, 1.54) is 29.7 Å². The van der Waals surface area contributed by atoms with Gasteiger partial charge in [0, 0.05) is 49.9 Å². The topological polar surface area (TPSA) is 88.0 Å². The molecule has 0 radical (unpaired) electrons. The van der Waals surface area contributed by atoms with Crippen LogP contribution in [0.2, 0.25) is 5.02 Å². The Morgan fingerprint density at radius 1 is 0.974 bits per heavy atom. The zero-order valence-electron chi connectivity index (χ0n) is 22.7. The van der Waals surface area contributed by atoms with Crippen molar-refractivity contribution >= 4 is 33.0 Å². The highest BCUT2D eigenvalue weighted by molar-refractivity contribution is 7.89. The molecule has 9 nitrogen and oxygen atoms in total. The molecule has 0 amide bonds. The van der Waals surface area contributed by atoms with E-state index >= 15 is 0 Å². The van der Waals surface area contributed by atoms with Crippen LogP contribution in [-0.4, -0.2) is 80.7 Å². The second-order valence-corrected chi connectivity index (χ2v) is 12.6. The summed E-state index contributed by atoms with van der Waals surface area (Å²) >= 11 is 6.21. The average Bonchev–Trinajstić information content (AvgIpc) is 2.94. The number of nitrogens with zero attached hydrogens (tertiary/aromatic N) is 5. The summed E-state index contributed by atoms with van der Waals surface area (Å²) in [7, 11) is -3.32. The molecule has 3 heterocycles. The van der Waals surface area contributed by atoms with Crippen LogP contribution < -0.4 is 15.4 Å². The lowest BCUT2D eigenvalue weighted by molar-refractivity contribution is 0.122. The van der Waals surface area contributed by atoms with E-state index in [1.54, 1.807) is 16.6 Å². The van der Waals surface area contributed by atoms with E-state index in [0.29, 0.717) is 70.3 Å². The van der Waals surface area contributed by atoms with Gasteiger partial charge in [-0.05, 0) is 18.6 Å². The van der Waals surface area contributed by atoms with Gasteiger partial charge in [-0.1, -0.05) is 56.7 Å². The van der Waals surface area contributed by atoms with Crippen molar-refractivity contribution in [2.24, 2.45) is 0 Å². The molecule has 2 aromatic rings. The Bertz CT molecular complexity index is 1240. The molecule has 1 aromatic carbocycles. The standard InChI is InChI=1S/C27H39ClFN5O4S/c1-2-3-4-5-6-7-19-39(36,37)33-13-11-31(12-14-33)25-20-30-34(21-22-23(28)9-8-10-24(22)29)27(35)26(25)32-15-17-38-18-16-32/h8-10,20H,2-7,11-19,21H2,1H3. The first-order valence-corrected chi connectivity index (χ1v) is 15.9. The van der Waals surface area contributed by atoms with E-state index in [4.69, 9.17) is 16.3 Å². The predicted octanol–water partition coefficient (Wildman–Crippen LogP) is 3.73. The molecule has 0 N–H and O–H groups in total. The average molecular weight is 584 g/mol. The van der Waals surface area contributed by atoms with Crippen molar-refractivity contribution in [1.29, 1.82) is 0 Å². The van der Waals surface area contributed by atoms with Crippen molar-refractivity contribution in [3.63, 3.8) is 0 Å². The highest BCUT2D eigenvalue weighted by atomic mass is 35.5. The van der Waals surface area contributed by atoms with Crippen LogP contribution in [0.5, 0.6) is 0 Å². The zero-order chi connectivity index (χ0) is 27.8. The van der Waals surface area contributed by atoms with E-state index in [9.17, 15) is 17.6 Å². The first-order chi connectivity index (χ1) is 18.8. The molecule has 12 heteroatoms. The molecule has 2 fully saturated rings. The molecule has 2 saturated heterocycles. The second-order valence-electron chi connectivity index (χ2n) is 10.1. The van der Waals surface area contributed by atoms with Crippen molar-refractivity contribution in [3.8, 4) is 0 Å². The lowest BCUT2D eigenvalue weighted by atomic mass is 10.1. The molecule has 1 aromatic heterocycles. The third-order valence-corrected chi connectivity index (χ3v) is 9.74. The summed E-state index contributed by atoms with van der Waals surface area (Å²) in [6.07, 6.45) is 7.83. The summed E-state index contributed by atoms with van der Waals surface area (Å²) < 4.78 is 48.6. The van der Waals surface area contributed by atoms with Crippen LogP contribution in [0.1, 0.15) is 51.0 Å². The molecular formula is C27H39ClFN5O4S. The number of aromatic nitrogens is 2. The summed E-state index contributed by atoms with van der Waals surface area (Å²) in [4.78, 5) is 17.7. The first kappa shape index (κ1) is 29.8. The van der Waals surface area contributed by atoms with Gasteiger partial charge in [0.1, 0.15) is 11.5 Å². The van der Waals surface area contributed by atoms with Gasteiger partial charge < -0.3 is 14.5 Å². The van der Waals surface area contributed by atoms with Crippen LogP contribution in [0.4, 0.5) is 15.8 Å². The summed E-state index contributed by atoms with van der Waals surface area (Å²) in [6.45, 7) is 5.76. The van der Waals surface area contributed by atoms with Crippen LogP contribution >= 0.6 is 11.6 Å². The first-order valence-electron chi connectivity index (χ1n) is 13.9. The van der Waals surface area contributed by atoms with Crippen LogP contribution in [0, 0.1) is 5.82 Å². The number of halogens is 2. The predicted molar refractivity (Wildman–Crippen MR) is 153 cm³/mol. The normalized spacial score (nSPS) is 17.1. The van der Waals surface area contributed by atoms with Crippen LogP contribution in [0.3, 0.4) is 0 Å². The minimum absolute atomic E-state index is 0.0908. The quantitative estimate of drug-likeness (QED) is 0.352. The number of unbranched alkanes of at least 4 members (excludes halogenated alkanes) is 5. The lowest BCUT2D eigenvalue weighted by Gasteiger charge is -2.38. The minimum Gasteiger partial charge on any atom is -0.378 e. The third kappa shape index (κ3) is 7.50. The van der Waals surface area contributed by atoms with Gasteiger partial charge in [-0.3, -0.25) is 4.79 Å². The SMILES string of the molecule is CCCCCCCCS(=O)(=O)N1CCN(c2cnn(Cc3c(F)cccc3Cl)c(=O)c2N2CCOCC2)CC1. The van der Waals surface area contributed by atoms with Crippen molar-refractivity contribution in [2.45, 2.75) is 52.0 Å². The van der Waals surface area contributed by atoms with Gasteiger partial charge in [0.05, 0.1) is 37.4 Å². The van der Waals surface area contributed by atoms with Crippen LogP contribution in [-0.2, 0) is 21.3 Å². The van der Waals surface area contributed by atoms with Crippen LogP contribution in [0.25, 0.3) is 0 Å². The van der Waals surface area contributed by atoms with E-state index < -0.39 is 15.8 Å². The maximum absolute atomic E-state index is 14.5. The number of hydrogen-bond donors (Lipinski definition) is 0. The molecule has 4 rings (SSSR count). The van der Waals surface area contributed by atoms with E-state index in [2.05, 4.69) is 12.0 Å². The van der Waals surface area contributed by atoms with Gasteiger partial charge in [-0.2, -0.15) is 9.40 Å². The summed E-state index contributed by atoms with van der Waals surface area (Å²) in [5.74, 6) is -0.319. The molecule has 0 bridgehead atoms. The summed E-state index contributed by atoms with van der Waals surface area (Å²) in [5, 5.41) is 4.61. The van der Waals surface area contributed by atoms with Crippen molar-refractivity contribution < 1.29 is 17.5 Å². The molecule has 2 aliphatic rings. The molecule has 39 heavy (non-hydrogen) atoms. The molecular weight excluding hydrogens is 545 g/mol. The highest BCUT2D eigenvalue weighted by Gasteiger charge is 2.30. The Balaban J connectivity index is 1.49. The molecule has 0 atom stereocenters. The molecule has 0 saturated carbocycles. The Labute approximate surface area is 235 Å². The van der Waals surface area contributed by atoms with Crippen molar-refractivity contribution in [1.82, 2.24) is 14.1 Å². The molecule has 0 spiro atoms. The Morgan fingerprint density at radius 3 is 2.36 bits per heavy atom. The number of hydrogen-bond acceptors (Lipinski definition) is 7. The fourth-order valence-electron chi connectivity index (χ4n) is 5.13. The fraction of sp³-hybridized carbons (Fsp3) is 0.630. The number of morpholine rings is 1. The van der Waals surface area contributed by atoms with Crippen LogP contribution in [0.15, 0.2) is 29.2 Å². The van der Waals surface area contributed by atoms with E-state index in [1.807, 2.05) is 9.80 Å². The summed E-state index contributed by atoms with van der Waals surface area (Å²) in [5.41, 5.74) is 1.00. The van der Waals surface area contributed by atoms with Gasteiger partial charge in [0.2, 0.25) is 10.0 Å². The molecule has 0 aliphatic carbocycles. The van der Waals surface area contributed by atoms with Crippen molar-refractivity contribution in [2.75, 3.05) is 68.0 Å². The summed E-state index contributed by atoms with van der Waals surface area (Å²) in [6, 6.07) is 4.42. The Hall–Kier alpha value is -2.21. The fourth-order valence-corrected chi connectivity index (χ4v) is 6.90. The minimum atomic E-state index is -3.32. The lowest BCUT2D eigenvalue weighted by Crippen LogP contribution is -2.50. The Kier molecular flexibility index (Phi) is 10.6. The Morgan fingerprint density at radius 2 is 1.67 bits per heavy atom. The number of rotatable bonds is 12. The number of anilines is 2. The third-order valence-electron chi connectivity index (χ3n) is 7.42. The maximum Gasteiger partial charge on any atom is 0.292 e. The van der Waals surface area contributed by atoms with Gasteiger partial charge in [0.25, 0.3) is 5.56 Å². The molecule has 216 valence electrons. The van der Waals surface area contributed by atoms with Gasteiger partial charge in [-0.15, -0.1) is 0 Å². The molecule has 0 unspecified atom stereocenters. The van der Waals surface area contributed by atoms with Gasteiger partial charge >= 0.3 is 0 Å². The largest absolute Gasteiger partial charge is 0.378 e. The van der Waals surface area contributed by atoms with Gasteiger partial charge in [0.15, 0.2) is 0 Å². The second kappa shape index (κ2) is 13.9. The van der Waals surface area contributed by atoms with E-state index in [-0.39, 0.29) is 28.4 Å². The zero-order valence-corrected chi connectivity index (χ0v) is 24.2. The monoisotopic (exact) mass is 583 g/mol. The number of ether oxygens (including phenoxy) is 1. The van der Waals surface area contributed by atoms with Gasteiger partial charge in [-0.25, -0.2) is 17.5 Å². The number of benzene rings is 1.